The SMILES string of the molecule is CN1C2CCC1CC(CNc1nc3ccccc3o1)C2. The molecule has 0 aliphatic carbocycles. The molecule has 2 unspecified atom stereocenters. The van der Waals surface area contributed by atoms with Gasteiger partial charge in [0.2, 0.25) is 0 Å². The molecule has 4 rings (SSSR count). The molecule has 20 heavy (non-hydrogen) atoms. The van der Waals surface area contributed by atoms with Crippen LogP contribution in [-0.2, 0) is 0 Å². The Morgan fingerprint density at radius 2 is 2.00 bits per heavy atom. The van der Waals surface area contributed by atoms with Crippen molar-refractivity contribution in [2.45, 2.75) is 37.8 Å². The first kappa shape index (κ1) is 12.2. The first-order chi connectivity index (χ1) is 9.79. The van der Waals surface area contributed by atoms with E-state index in [0.29, 0.717) is 6.01 Å². The third-order valence-corrected chi connectivity index (χ3v) is 5.03. The molecule has 4 nitrogen and oxygen atoms in total. The third kappa shape index (κ3) is 2.08. The van der Waals surface area contributed by atoms with Gasteiger partial charge >= 0.3 is 0 Å². The third-order valence-electron chi connectivity index (χ3n) is 5.03. The van der Waals surface area contributed by atoms with Gasteiger partial charge in [0, 0.05) is 18.6 Å². The minimum atomic E-state index is 0.664. The highest BCUT2D eigenvalue weighted by Gasteiger charge is 2.38. The number of anilines is 1. The summed E-state index contributed by atoms with van der Waals surface area (Å²) in [5.74, 6) is 0.749. The molecule has 0 spiro atoms. The maximum absolute atomic E-state index is 5.72. The lowest BCUT2D eigenvalue weighted by molar-refractivity contribution is 0.139. The van der Waals surface area contributed by atoms with Gasteiger partial charge < -0.3 is 14.6 Å². The van der Waals surface area contributed by atoms with Crippen molar-refractivity contribution in [3.63, 3.8) is 0 Å². The van der Waals surface area contributed by atoms with Crippen molar-refractivity contribution in [2.24, 2.45) is 5.92 Å². The van der Waals surface area contributed by atoms with E-state index in [2.05, 4.69) is 22.2 Å². The van der Waals surface area contributed by atoms with Crippen LogP contribution in [0.3, 0.4) is 0 Å². The van der Waals surface area contributed by atoms with Crippen LogP contribution in [0.15, 0.2) is 28.7 Å². The molecule has 2 aliphatic heterocycles. The number of para-hydroxylation sites is 2. The number of benzene rings is 1. The molecule has 2 saturated heterocycles. The second-order valence-electron chi connectivity index (χ2n) is 6.26. The number of nitrogens with one attached hydrogen (secondary N) is 1. The van der Waals surface area contributed by atoms with Gasteiger partial charge in [-0.05, 0) is 50.8 Å². The molecule has 1 aromatic carbocycles. The van der Waals surface area contributed by atoms with E-state index in [0.717, 1.165) is 35.6 Å². The lowest BCUT2D eigenvalue weighted by Gasteiger charge is -2.36. The van der Waals surface area contributed by atoms with Gasteiger partial charge in [0.15, 0.2) is 5.58 Å². The Hall–Kier alpha value is -1.55. The van der Waals surface area contributed by atoms with Crippen LogP contribution in [0.1, 0.15) is 25.7 Å². The second-order valence-corrected chi connectivity index (χ2v) is 6.26. The highest BCUT2D eigenvalue weighted by atomic mass is 16.4. The van der Waals surface area contributed by atoms with E-state index in [1.165, 1.54) is 25.7 Å². The van der Waals surface area contributed by atoms with Crippen molar-refractivity contribution in [1.82, 2.24) is 9.88 Å². The van der Waals surface area contributed by atoms with Crippen LogP contribution in [0.5, 0.6) is 0 Å². The number of fused-ring (bicyclic) bond motifs is 3. The van der Waals surface area contributed by atoms with Crippen LogP contribution in [0.2, 0.25) is 0 Å². The standard InChI is InChI=1S/C16H21N3O/c1-19-12-6-7-13(19)9-11(8-12)10-17-16-18-14-4-2-3-5-15(14)20-16/h2-5,11-13H,6-10H2,1H3,(H,17,18). The van der Waals surface area contributed by atoms with Crippen molar-refractivity contribution < 1.29 is 4.42 Å². The molecule has 1 aromatic heterocycles. The van der Waals surface area contributed by atoms with Gasteiger partial charge in [0.1, 0.15) is 5.52 Å². The van der Waals surface area contributed by atoms with E-state index in [-0.39, 0.29) is 0 Å². The fourth-order valence-corrected chi connectivity index (χ4v) is 3.87. The van der Waals surface area contributed by atoms with Gasteiger partial charge in [-0.1, -0.05) is 12.1 Å². The Kier molecular flexibility index (Phi) is 2.91. The Bertz CT molecular complexity index is 562. The topological polar surface area (TPSA) is 41.3 Å². The van der Waals surface area contributed by atoms with E-state index in [1.807, 2.05) is 24.3 Å². The summed E-state index contributed by atoms with van der Waals surface area (Å²) in [5.41, 5.74) is 1.79. The van der Waals surface area contributed by atoms with E-state index in [1.54, 1.807) is 0 Å². The predicted molar refractivity (Wildman–Crippen MR) is 79.8 cm³/mol. The Morgan fingerprint density at radius 1 is 1.25 bits per heavy atom. The minimum absolute atomic E-state index is 0.664. The molecule has 4 heteroatoms. The van der Waals surface area contributed by atoms with E-state index in [9.17, 15) is 0 Å². The maximum atomic E-state index is 5.72. The van der Waals surface area contributed by atoms with Crippen LogP contribution in [0.4, 0.5) is 6.01 Å². The molecular weight excluding hydrogens is 250 g/mol. The predicted octanol–water partition coefficient (Wildman–Crippen LogP) is 3.11. The maximum Gasteiger partial charge on any atom is 0.295 e. The highest BCUT2D eigenvalue weighted by Crippen LogP contribution is 2.37. The van der Waals surface area contributed by atoms with Crippen molar-refractivity contribution >= 4 is 17.1 Å². The molecule has 0 amide bonds. The fourth-order valence-electron chi connectivity index (χ4n) is 3.87. The lowest BCUT2D eigenvalue weighted by Crippen LogP contribution is -2.41. The monoisotopic (exact) mass is 271 g/mol. The van der Waals surface area contributed by atoms with Gasteiger partial charge in [-0.3, -0.25) is 0 Å². The largest absolute Gasteiger partial charge is 0.424 e. The van der Waals surface area contributed by atoms with Gasteiger partial charge in [0.25, 0.3) is 6.01 Å². The first-order valence-electron chi connectivity index (χ1n) is 7.61. The minimum Gasteiger partial charge on any atom is -0.424 e. The van der Waals surface area contributed by atoms with Gasteiger partial charge in [-0.15, -0.1) is 0 Å². The fraction of sp³-hybridized carbons (Fsp3) is 0.562. The van der Waals surface area contributed by atoms with Gasteiger partial charge in [-0.25, -0.2) is 0 Å². The van der Waals surface area contributed by atoms with E-state index >= 15 is 0 Å². The number of nitrogens with zero attached hydrogens (tertiary/aromatic N) is 2. The number of oxazole rings is 1. The molecule has 2 bridgehead atoms. The molecule has 2 aliphatic rings. The zero-order chi connectivity index (χ0) is 13.5. The molecule has 0 saturated carbocycles. The van der Waals surface area contributed by atoms with Crippen molar-refractivity contribution in [2.75, 3.05) is 18.9 Å². The highest BCUT2D eigenvalue weighted by molar-refractivity contribution is 5.74. The summed E-state index contributed by atoms with van der Waals surface area (Å²) < 4.78 is 5.72. The molecule has 106 valence electrons. The quantitative estimate of drug-likeness (QED) is 0.931. The average molecular weight is 271 g/mol. The summed E-state index contributed by atoms with van der Waals surface area (Å²) >= 11 is 0. The van der Waals surface area contributed by atoms with Gasteiger partial charge in [0.05, 0.1) is 0 Å². The summed E-state index contributed by atoms with van der Waals surface area (Å²) in [5, 5.41) is 3.39. The zero-order valence-electron chi connectivity index (χ0n) is 11.9. The molecule has 3 heterocycles. The first-order valence-corrected chi connectivity index (χ1v) is 7.61. The average Bonchev–Trinajstić information content (AvgIpc) is 2.94. The molecule has 2 aromatic rings. The molecule has 0 radical (unpaired) electrons. The van der Waals surface area contributed by atoms with Crippen LogP contribution >= 0.6 is 0 Å². The smallest absolute Gasteiger partial charge is 0.295 e. The van der Waals surface area contributed by atoms with Crippen molar-refractivity contribution in [1.29, 1.82) is 0 Å². The summed E-state index contributed by atoms with van der Waals surface area (Å²) in [4.78, 5) is 7.06. The van der Waals surface area contributed by atoms with Gasteiger partial charge in [-0.2, -0.15) is 4.98 Å². The Morgan fingerprint density at radius 3 is 2.75 bits per heavy atom. The molecule has 2 atom stereocenters. The number of hydrogen-bond donors (Lipinski definition) is 1. The number of piperidine rings is 1. The lowest BCUT2D eigenvalue weighted by atomic mass is 9.91. The van der Waals surface area contributed by atoms with Crippen molar-refractivity contribution in [3.05, 3.63) is 24.3 Å². The molecule has 2 fully saturated rings. The van der Waals surface area contributed by atoms with E-state index in [4.69, 9.17) is 4.42 Å². The second kappa shape index (κ2) is 4.77. The van der Waals surface area contributed by atoms with Crippen LogP contribution < -0.4 is 5.32 Å². The van der Waals surface area contributed by atoms with E-state index < -0.39 is 0 Å². The van der Waals surface area contributed by atoms with Crippen LogP contribution in [0, 0.1) is 5.92 Å². The Labute approximate surface area is 119 Å². The number of aromatic nitrogens is 1. The molecular formula is C16H21N3O. The number of rotatable bonds is 3. The van der Waals surface area contributed by atoms with Crippen LogP contribution in [0.25, 0.3) is 11.1 Å². The normalized spacial score (nSPS) is 29.9. The Balaban J connectivity index is 1.41. The zero-order valence-corrected chi connectivity index (χ0v) is 11.9. The van der Waals surface area contributed by atoms with Crippen LogP contribution in [-0.4, -0.2) is 35.6 Å². The summed E-state index contributed by atoms with van der Waals surface area (Å²) in [6.07, 6.45) is 5.36. The summed E-state index contributed by atoms with van der Waals surface area (Å²) in [6.45, 7) is 0.980. The van der Waals surface area contributed by atoms with Crippen molar-refractivity contribution in [3.8, 4) is 0 Å². The molecule has 1 N–H and O–H groups in total. The summed E-state index contributed by atoms with van der Waals surface area (Å²) in [6, 6.07) is 10.2. The summed E-state index contributed by atoms with van der Waals surface area (Å²) in [7, 11) is 2.28. The number of hydrogen-bond acceptors (Lipinski definition) is 4.